The Morgan fingerprint density at radius 2 is 1.56 bits per heavy atom. The maximum atomic E-state index is 5.42. The van der Waals surface area contributed by atoms with Crippen LogP contribution in [-0.4, -0.2) is 80.4 Å². The van der Waals surface area contributed by atoms with Crippen molar-refractivity contribution >= 4 is 17.6 Å². The number of morpholine rings is 1. The number of hydrogen-bond donors (Lipinski definition) is 1. The van der Waals surface area contributed by atoms with E-state index in [1.807, 2.05) is 0 Å². The molecule has 0 aromatic carbocycles. The lowest BCUT2D eigenvalue weighted by molar-refractivity contribution is 0.0398. The van der Waals surface area contributed by atoms with Crippen molar-refractivity contribution in [2.24, 2.45) is 0 Å². The van der Waals surface area contributed by atoms with Gasteiger partial charge in [-0.05, 0) is 25.7 Å². The van der Waals surface area contributed by atoms with Crippen molar-refractivity contribution in [3.63, 3.8) is 0 Å². The summed E-state index contributed by atoms with van der Waals surface area (Å²) in [5, 5.41) is 3.53. The van der Waals surface area contributed by atoms with Gasteiger partial charge in [0.05, 0.1) is 13.2 Å². The van der Waals surface area contributed by atoms with Gasteiger partial charge in [0.15, 0.2) is 0 Å². The van der Waals surface area contributed by atoms with Crippen molar-refractivity contribution < 1.29 is 4.74 Å². The van der Waals surface area contributed by atoms with Crippen molar-refractivity contribution in [2.45, 2.75) is 25.7 Å². The predicted octanol–water partition coefficient (Wildman–Crippen LogP) is 1.42. The molecule has 4 rings (SSSR count). The van der Waals surface area contributed by atoms with Crippen molar-refractivity contribution in [3.8, 4) is 0 Å². The SMILES string of the molecule is c1c(NCCN2CCOCC2)nc(N2CCCC2)nc1N1CCCC1. The molecule has 7 nitrogen and oxygen atoms in total. The number of anilines is 3. The summed E-state index contributed by atoms with van der Waals surface area (Å²) in [6.07, 6.45) is 5.03. The van der Waals surface area contributed by atoms with Gasteiger partial charge in [0.2, 0.25) is 5.95 Å². The summed E-state index contributed by atoms with van der Waals surface area (Å²) < 4.78 is 5.42. The number of ether oxygens (including phenoxy) is 1. The highest BCUT2D eigenvalue weighted by Gasteiger charge is 2.20. The van der Waals surface area contributed by atoms with Gasteiger partial charge >= 0.3 is 0 Å². The lowest BCUT2D eigenvalue weighted by atomic mass is 10.4. The van der Waals surface area contributed by atoms with Crippen LogP contribution in [0.2, 0.25) is 0 Å². The Hall–Kier alpha value is -1.60. The molecule has 7 heteroatoms. The summed E-state index contributed by atoms with van der Waals surface area (Å²) in [5.74, 6) is 2.95. The van der Waals surface area contributed by atoms with Crippen LogP contribution in [0.3, 0.4) is 0 Å². The average molecular weight is 346 g/mol. The minimum absolute atomic E-state index is 0.853. The van der Waals surface area contributed by atoms with Crippen molar-refractivity contribution in [1.82, 2.24) is 14.9 Å². The molecule has 3 aliphatic rings. The third-order valence-electron chi connectivity index (χ3n) is 5.36. The molecular formula is C18H30N6O. The maximum absolute atomic E-state index is 5.42. The number of nitrogens with one attached hydrogen (secondary N) is 1. The fourth-order valence-corrected chi connectivity index (χ4v) is 3.85. The van der Waals surface area contributed by atoms with E-state index in [1.165, 1.54) is 25.7 Å². The molecule has 0 saturated carbocycles. The summed E-state index contributed by atoms with van der Waals surface area (Å²) in [4.78, 5) is 16.8. The molecule has 3 fully saturated rings. The van der Waals surface area contributed by atoms with Gasteiger partial charge in [0.1, 0.15) is 11.6 Å². The van der Waals surface area contributed by atoms with Crippen molar-refractivity contribution in [3.05, 3.63) is 6.07 Å². The Bertz CT molecular complexity index is 516. The average Bonchev–Trinajstić information content (AvgIpc) is 3.36. The van der Waals surface area contributed by atoms with Crippen molar-refractivity contribution in [2.75, 3.05) is 80.7 Å². The molecule has 0 bridgehead atoms. The largest absolute Gasteiger partial charge is 0.379 e. The Balaban J connectivity index is 1.43. The van der Waals surface area contributed by atoms with E-state index in [4.69, 9.17) is 14.7 Å². The van der Waals surface area contributed by atoms with Gasteiger partial charge in [0, 0.05) is 58.4 Å². The molecule has 1 aromatic rings. The van der Waals surface area contributed by atoms with E-state index in [9.17, 15) is 0 Å². The standard InChI is InChI=1S/C18H30N6O/c1-2-7-23(6-1)17-15-16(19-5-10-22-11-13-25-14-12-22)20-18(21-17)24-8-3-4-9-24/h15H,1-14H2,(H,19,20,21). The predicted molar refractivity (Wildman–Crippen MR) is 101 cm³/mol. The molecule has 0 unspecified atom stereocenters. The zero-order valence-corrected chi connectivity index (χ0v) is 15.1. The van der Waals surface area contributed by atoms with Gasteiger partial charge in [-0.2, -0.15) is 9.97 Å². The molecule has 0 aliphatic carbocycles. The van der Waals surface area contributed by atoms with E-state index in [0.29, 0.717) is 0 Å². The Morgan fingerprint density at radius 3 is 2.28 bits per heavy atom. The molecule has 1 N–H and O–H groups in total. The smallest absolute Gasteiger partial charge is 0.229 e. The highest BCUT2D eigenvalue weighted by atomic mass is 16.5. The van der Waals surface area contributed by atoms with Crippen LogP contribution in [0.25, 0.3) is 0 Å². The van der Waals surface area contributed by atoms with E-state index in [-0.39, 0.29) is 0 Å². The van der Waals surface area contributed by atoms with Crippen LogP contribution in [0.4, 0.5) is 17.6 Å². The second-order valence-corrected chi connectivity index (χ2v) is 7.18. The zero-order chi connectivity index (χ0) is 16.9. The van der Waals surface area contributed by atoms with Gasteiger partial charge in [-0.1, -0.05) is 0 Å². The fraction of sp³-hybridized carbons (Fsp3) is 0.778. The first-order valence-electron chi connectivity index (χ1n) is 9.81. The molecule has 0 amide bonds. The Labute approximate surface area is 150 Å². The lowest BCUT2D eigenvalue weighted by Gasteiger charge is -2.27. The third-order valence-corrected chi connectivity index (χ3v) is 5.36. The topological polar surface area (TPSA) is 56.8 Å². The number of hydrogen-bond acceptors (Lipinski definition) is 7. The first-order valence-corrected chi connectivity index (χ1v) is 9.81. The van der Waals surface area contributed by atoms with Gasteiger partial charge in [-0.3, -0.25) is 4.90 Å². The van der Waals surface area contributed by atoms with E-state index < -0.39 is 0 Å². The number of rotatable bonds is 6. The summed E-state index contributed by atoms with van der Waals surface area (Å²) in [6.45, 7) is 10.1. The highest BCUT2D eigenvalue weighted by Crippen LogP contribution is 2.25. The van der Waals surface area contributed by atoms with E-state index >= 15 is 0 Å². The van der Waals surface area contributed by atoms with E-state index in [2.05, 4.69) is 26.1 Å². The number of aromatic nitrogens is 2. The van der Waals surface area contributed by atoms with Crippen molar-refractivity contribution in [1.29, 1.82) is 0 Å². The molecular weight excluding hydrogens is 316 g/mol. The molecule has 3 aliphatic heterocycles. The monoisotopic (exact) mass is 346 g/mol. The lowest BCUT2D eigenvalue weighted by Crippen LogP contribution is -2.39. The second kappa shape index (κ2) is 8.19. The van der Waals surface area contributed by atoms with E-state index in [1.54, 1.807) is 0 Å². The fourth-order valence-electron chi connectivity index (χ4n) is 3.85. The van der Waals surface area contributed by atoms with Crippen LogP contribution < -0.4 is 15.1 Å². The molecule has 0 radical (unpaired) electrons. The summed E-state index contributed by atoms with van der Waals surface area (Å²) in [5.41, 5.74) is 0. The van der Waals surface area contributed by atoms with Crippen LogP contribution in [0.15, 0.2) is 6.07 Å². The molecule has 3 saturated heterocycles. The maximum Gasteiger partial charge on any atom is 0.229 e. The van der Waals surface area contributed by atoms with Gasteiger partial charge in [-0.25, -0.2) is 0 Å². The first-order chi connectivity index (χ1) is 12.4. The van der Waals surface area contributed by atoms with Crippen LogP contribution in [0.1, 0.15) is 25.7 Å². The molecule has 1 aromatic heterocycles. The molecule has 0 spiro atoms. The van der Waals surface area contributed by atoms with Gasteiger partial charge in [0.25, 0.3) is 0 Å². The minimum Gasteiger partial charge on any atom is -0.379 e. The van der Waals surface area contributed by atoms with E-state index in [0.717, 1.165) is 83.2 Å². The third kappa shape index (κ3) is 4.33. The highest BCUT2D eigenvalue weighted by molar-refractivity contribution is 5.55. The molecule has 25 heavy (non-hydrogen) atoms. The first kappa shape index (κ1) is 16.8. The van der Waals surface area contributed by atoms with Gasteiger partial charge < -0.3 is 19.9 Å². The summed E-state index contributed by atoms with van der Waals surface area (Å²) in [6, 6.07) is 2.13. The van der Waals surface area contributed by atoms with Crippen LogP contribution in [0.5, 0.6) is 0 Å². The minimum atomic E-state index is 0.853. The molecule has 0 atom stereocenters. The zero-order valence-electron chi connectivity index (χ0n) is 15.1. The van der Waals surface area contributed by atoms with Crippen LogP contribution in [-0.2, 0) is 4.74 Å². The Morgan fingerprint density at radius 1 is 0.880 bits per heavy atom. The van der Waals surface area contributed by atoms with Crippen LogP contribution in [0, 0.1) is 0 Å². The normalized spacial score (nSPS) is 21.9. The van der Waals surface area contributed by atoms with Crippen LogP contribution >= 0.6 is 0 Å². The summed E-state index contributed by atoms with van der Waals surface area (Å²) >= 11 is 0. The van der Waals surface area contributed by atoms with Gasteiger partial charge in [-0.15, -0.1) is 0 Å². The Kier molecular flexibility index (Phi) is 5.52. The second-order valence-electron chi connectivity index (χ2n) is 7.18. The molecule has 138 valence electrons. The summed E-state index contributed by atoms with van der Waals surface area (Å²) in [7, 11) is 0. The molecule has 4 heterocycles. The quantitative estimate of drug-likeness (QED) is 0.836. The number of nitrogens with zero attached hydrogens (tertiary/aromatic N) is 5.